The molecule has 1 aromatic rings. The zero-order valence-corrected chi connectivity index (χ0v) is 13.5. The normalized spacial score (nSPS) is 20.1. The third kappa shape index (κ3) is 2.69. The van der Waals surface area contributed by atoms with E-state index in [1.54, 1.807) is 14.0 Å². The van der Waals surface area contributed by atoms with E-state index in [1.807, 2.05) is 12.1 Å². The van der Waals surface area contributed by atoms with Crippen LogP contribution in [0.3, 0.4) is 0 Å². The Labute approximate surface area is 121 Å². The van der Waals surface area contributed by atoms with E-state index >= 15 is 0 Å². The second-order valence-electron chi connectivity index (χ2n) is 6.23. The van der Waals surface area contributed by atoms with Crippen molar-refractivity contribution in [3.63, 3.8) is 0 Å². The maximum atomic E-state index is 11.8. The van der Waals surface area contributed by atoms with Gasteiger partial charge in [0.15, 0.2) is 9.84 Å². The van der Waals surface area contributed by atoms with Crippen LogP contribution in [0.15, 0.2) is 18.2 Å². The van der Waals surface area contributed by atoms with Gasteiger partial charge in [0.25, 0.3) is 0 Å². The highest BCUT2D eigenvalue weighted by molar-refractivity contribution is 7.91. The molecule has 4 nitrogen and oxygen atoms in total. The molecule has 2 atom stereocenters. The summed E-state index contributed by atoms with van der Waals surface area (Å²) in [5, 5.41) is 2.65. The minimum Gasteiger partial charge on any atom is -0.492 e. The molecule has 5 heteroatoms. The van der Waals surface area contributed by atoms with Gasteiger partial charge in [-0.05, 0) is 31.7 Å². The number of rotatable bonds is 4. The highest BCUT2D eigenvalue weighted by Crippen LogP contribution is 2.40. The summed E-state index contributed by atoms with van der Waals surface area (Å²) in [7, 11) is -1.31. The van der Waals surface area contributed by atoms with Crippen molar-refractivity contribution < 1.29 is 13.2 Å². The van der Waals surface area contributed by atoms with E-state index in [1.165, 1.54) is 6.26 Å². The summed E-state index contributed by atoms with van der Waals surface area (Å²) >= 11 is 0. The van der Waals surface area contributed by atoms with Gasteiger partial charge in [-0.15, -0.1) is 0 Å². The second kappa shape index (κ2) is 5.04. The maximum Gasteiger partial charge on any atom is 0.151 e. The Morgan fingerprint density at radius 1 is 1.35 bits per heavy atom. The molecule has 112 valence electrons. The monoisotopic (exact) mass is 297 g/mol. The average molecular weight is 297 g/mol. The molecule has 0 aliphatic carbocycles. The average Bonchev–Trinajstić information content (AvgIpc) is 2.65. The largest absolute Gasteiger partial charge is 0.492 e. The third-order valence-electron chi connectivity index (χ3n) is 4.14. The van der Waals surface area contributed by atoms with Gasteiger partial charge >= 0.3 is 0 Å². The van der Waals surface area contributed by atoms with Gasteiger partial charge in [0.1, 0.15) is 5.75 Å². The lowest BCUT2D eigenvalue weighted by Gasteiger charge is -2.24. The minimum atomic E-state index is -3.10. The first kappa shape index (κ1) is 15.3. The molecule has 2 rings (SSSR count). The molecule has 1 aliphatic rings. The lowest BCUT2D eigenvalue weighted by Crippen LogP contribution is -2.33. The standard InChI is InChI=1S/C15H23NO3S/c1-10(20(5,17)18)14(16-4)11-6-7-13-12(8-11)15(2,3)9-19-13/h6-8,10,14,16H,9H2,1-5H3. The summed E-state index contributed by atoms with van der Waals surface area (Å²) < 4.78 is 29.3. The van der Waals surface area contributed by atoms with Gasteiger partial charge in [-0.3, -0.25) is 0 Å². The van der Waals surface area contributed by atoms with Gasteiger partial charge in [0, 0.05) is 23.3 Å². The summed E-state index contributed by atoms with van der Waals surface area (Å²) in [4.78, 5) is 0. The SMILES string of the molecule is CNC(c1ccc2c(c1)C(C)(C)CO2)C(C)S(C)(=O)=O. The number of hydrogen-bond donors (Lipinski definition) is 1. The minimum absolute atomic E-state index is 0.0298. The van der Waals surface area contributed by atoms with Crippen LogP contribution in [-0.2, 0) is 15.3 Å². The Bertz CT molecular complexity index is 608. The molecule has 20 heavy (non-hydrogen) atoms. The zero-order valence-electron chi connectivity index (χ0n) is 12.7. The summed E-state index contributed by atoms with van der Waals surface area (Å²) in [6.07, 6.45) is 1.28. The summed E-state index contributed by atoms with van der Waals surface area (Å²) in [5.74, 6) is 0.903. The van der Waals surface area contributed by atoms with Crippen molar-refractivity contribution >= 4 is 9.84 Å². The molecule has 1 heterocycles. The molecule has 1 aromatic carbocycles. The van der Waals surface area contributed by atoms with Gasteiger partial charge in [-0.2, -0.15) is 0 Å². The van der Waals surface area contributed by atoms with E-state index in [2.05, 4.69) is 25.2 Å². The van der Waals surface area contributed by atoms with Crippen LogP contribution >= 0.6 is 0 Å². The molecule has 0 bridgehead atoms. The first-order chi connectivity index (χ1) is 9.16. The van der Waals surface area contributed by atoms with Crippen molar-refractivity contribution in [2.24, 2.45) is 0 Å². The molecule has 0 amide bonds. The van der Waals surface area contributed by atoms with Crippen LogP contribution in [0.25, 0.3) is 0 Å². The van der Waals surface area contributed by atoms with Gasteiger partial charge in [0.05, 0.1) is 11.9 Å². The van der Waals surface area contributed by atoms with E-state index in [9.17, 15) is 8.42 Å². The Morgan fingerprint density at radius 3 is 2.55 bits per heavy atom. The maximum absolute atomic E-state index is 11.8. The fourth-order valence-electron chi connectivity index (χ4n) is 2.65. The highest BCUT2D eigenvalue weighted by atomic mass is 32.2. The van der Waals surface area contributed by atoms with Crippen LogP contribution in [-0.4, -0.2) is 33.6 Å². The van der Waals surface area contributed by atoms with Gasteiger partial charge in [-0.1, -0.05) is 19.9 Å². The van der Waals surface area contributed by atoms with Gasteiger partial charge < -0.3 is 10.1 Å². The van der Waals surface area contributed by atoms with Crippen LogP contribution < -0.4 is 10.1 Å². The molecule has 0 saturated heterocycles. The van der Waals surface area contributed by atoms with Crippen molar-refractivity contribution in [2.75, 3.05) is 19.9 Å². The smallest absolute Gasteiger partial charge is 0.151 e. The van der Waals surface area contributed by atoms with Crippen molar-refractivity contribution in [3.8, 4) is 5.75 Å². The molecule has 1 aliphatic heterocycles. The molecule has 0 aromatic heterocycles. The molecule has 0 fully saturated rings. The Morgan fingerprint density at radius 2 is 2.00 bits per heavy atom. The lowest BCUT2D eigenvalue weighted by atomic mass is 9.85. The molecular weight excluding hydrogens is 274 g/mol. The van der Waals surface area contributed by atoms with Crippen molar-refractivity contribution in [1.29, 1.82) is 0 Å². The van der Waals surface area contributed by atoms with E-state index < -0.39 is 15.1 Å². The van der Waals surface area contributed by atoms with Crippen LogP contribution in [0.5, 0.6) is 5.75 Å². The third-order valence-corrected chi connectivity index (χ3v) is 5.76. The predicted molar refractivity (Wildman–Crippen MR) is 81.1 cm³/mol. The zero-order chi connectivity index (χ0) is 15.1. The van der Waals surface area contributed by atoms with Crippen molar-refractivity contribution in [3.05, 3.63) is 29.3 Å². The first-order valence-electron chi connectivity index (χ1n) is 6.80. The molecule has 0 radical (unpaired) electrons. The number of hydrogen-bond acceptors (Lipinski definition) is 4. The molecule has 0 saturated carbocycles. The first-order valence-corrected chi connectivity index (χ1v) is 8.75. The van der Waals surface area contributed by atoms with Crippen LogP contribution in [0, 0.1) is 0 Å². The second-order valence-corrected chi connectivity index (χ2v) is 8.63. The Hall–Kier alpha value is -1.07. The lowest BCUT2D eigenvalue weighted by molar-refractivity contribution is 0.291. The Kier molecular flexibility index (Phi) is 3.86. The van der Waals surface area contributed by atoms with Crippen LogP contribution in [0.4, 0.5) is 0 Å². The van der Waals surface area contributed by atoms with E-state index in [4.69, 9.17) is 4.74 Å². The molecule has 1 N–H and O–H groups in total. The molecule has 2 unspecified atom stereocenters. The summed E-state index contributed by atoms with van der Waals surface area (Å²) in [5.41, 5.74) is 2.11. The van der Waals surface area contributed by atoms with E-state index in [-0.39, 0.29) is 11.5 Å². The van der Waals surface area contributed by atoms with Crippen molar-refractivity contribution in [2.45, 2.75) is 37.5 Å². The number of benzene rings is 1. The fraction of sp³-hybridized carbons (Fsp3) is 0.600. The van der Waals surface area contributed by atoms with Gasteiger partial charge in [0.2, 0.25) is 0 Å². The summed E-state index contributed by atoms with van der Waals surface area (Å²) in [6.45, 7) is 6.68. The highest BCUT2D eigenvalue weighted by Gasteiger charge is 2.33. The number of fused-ring (bicyclic) bond motifs is 1. The van der Waals surface area contributed by atoms with Crippen LogP contribution in [0.1, 0.15) is 37.9 Å². The number of nitrogens with one attached hydrogen (secondary N) is 1. The molecular formula is C15H23NO3S. The topological polar surface area (TPSA) is 55.4 Å². The summed E-state index contributed by atoms with van der Waals surface area (Å²) in [6, 6.07) is 5.75. The Balaban J connectivity index is 2.43. The van der Waals surface area contributed by atoms with Crippen molar-refractivity contribution in [1.82, 2.24) is 5.32 Å². The molecule has 0 spiro atoms. The predicted octanol–water partition coefficient (Wildman–Crippen LogP) is 2.05. The number of sulfone groups is 1. The van der Waals surface area contributed by atoms with Gasteiger partial charge in [-0.25, -0.2) is 8.42 Å². The van der Waals surface area contributed by atoms with E-state index in [0.717, 1.165) is 16.9 Å². The van der Waals surface area contributed by atoms with E-state index in [0.29, 0.717) is 6.61 Å². The number of ether oxygens (including phenoxy) is 1. The quantitative estimate of drug-likeness (QED) is 0.924. The fourth-order valence-corrected chi connectivity index (χ4v) is 3.44. The van der Waals surface area contributed by atoms with Crippen LogP contribution in [0.2, 0.25) is 0 Å².